The molecule has 0 bridgehead atoms. The average molecular weight is 333 g/mol. The Labute approximate surface area is 143 Å². The molecule has 1 aromatic carbocycles. The minimum atomic E-state index is 0.122. The lowest BCUT2D eigenvalue weighted by Crippen LogP contribution is -2.44. The standard InChI is InChI=1S/C18H27N3O3/c1-23-17-4-2-3-16(11-17)21-6-5-15(13-21)12-19-18(22)14-20-7-9-24-10-8-20/h2-4,11,15H,5-10,12-14H2,1H3,(H,19,22)/t15-/m1/s1. The molecule has 1 N–H and O–H groups in total. The molecule has 3 rings (SSSR count). The molecular formula is C18H27N3O3. The first-order valence-corrected chi connectivity index (χ1v) is 8.70. The van der Waals surface area contributed by atoms with E-state index >= 15 is 0 Å². The number of hydrogen-bond acceptors (Lipinski definition) is 5. The van der Waals surface area contributed by atoms with Crippen molar-refractivity contribution >= 4 is 11.6 Å². The molecule has 0 radical (unpaired) electrons. The SMILES string of the molecule is COc1cccc(N2CC[C@H](CNC(=O)CN3CCOCC3)C2)c1. The fourth-order valence-electron chi connectivity index (χ4n) is 3.32. The number of methoxy groups -OCH3 is 1. The van der Waals surface area contributed by atoms with Gasteiger partial charge in [-0.15, -0.1) is 0 Å². The van der Waals surface area contributed by atoms with Gasteiger partial charge in [0.25, 0.3) is 0 Å². The highest BCUT2D eigenvalue weighted by molar-refractivity contribution is 5.78. The van der Waals surface area contributed by atoms with Gasteiger partial charge in [-0.2, -0.15) is 0 Å². The van der Waals surface area contributed by atoms with Crippen molar-refractivity contribution in [1.82, 2.24) is 10.2 Å². The molecule has 2 aliphatic rings. The Kier molecular flexibility index (Phi) is 5.93. The summed E-state index contributed by atoms with van der Waals surface area (Å²) in [6.45, 7) is 6.39. The fourth-order valence-corrected chi connectivity index (χ4v) is 3.32. The first kappa shape index (κ1) is 17.0. The summed E-state index contributed by atoms with van der Waals surface area (Å²) in [5, 5.41) is 3.09. The molecule has 0 saturated carbocycles. The second kappa shape index (κ2) is 8.35. The first-order chi connectivity index (χ1) is 11.7. The van der Waals surface area contributed by atoms with Crippen molar-refractivity contribution in [1.29, 1.82) is 0 Å². The highest BCUT2D eigenvalue weighted by Gasteiger charge is 2.23. The van der Waals surface area contributed by atoms with Crippen LogP contribution in [0.4, 0.5) is 5.69 Å². The van der Waals surface area contributed by atoms with Gasteiger partial charge < -0.3 is 19.7 Å². The van der Waals surface area contributed by atoms with E-state index in [-0.39, 0.29) is 5.91 Å². The van der Waals surface area contributed by atoms with Crippen LogP contribution in [0.25, 0.3) is 0 Å². The lowest BCUT2D eigenvalue weighted by Gasteiger charge is -2.26. The van der Waals surface area contributed by atoms with Gasteiger partial charge in [0, 0.05) is 44.5 Å². The number of morpholine rings is 1. The molecule has 6 heteroatoms. The number of hydrogen-bond donors (Lipinski definition) is 1. The van der Waals surface area contributed by atoms with Crippen LogP contribution in [0, 0.1) is 5.92 Å². The monoisotopic (exact) mass is 333 g/mol. The highest BCUT2D eigenvalue weighted by Crippen LogP contribution is 2.26. The van der Waals surface area contributed by atoms with E-state index in [1.807, 2.05) is 12.1 Å². The van der Waals surface area contributed by atoms with Crippen LogP contribution in [0.1, 0.15) is 6.42 Å². The van der Waals surface area contributed by atoms with Crippen LogP contribution in [0.2, 0.25) is 0 Å². The second-order valence-electron chi connectivity index (χ2n) is 6.49. The summed E-state index contributed by atoms with van der Waals surface area (Å²) in [4.78, 5) is 16.6. The van der Waals surface area contributed by atoms with Gasteiger partial charge in [-0.25, -0.2) is 0 Å². The van der Waals surface area contributed by atoms with E-state index in [1.54, 1.807) is 7.11 Å². The third kappa shape index (κ3) is 4.61. The molecular weight excluding hydrogens is 306 g/mol. The van der Waals surface area contributed by atoms with Crippen LogP contribution in [-0.4, -0.2) is 70.4 Å². The maximum Gasteiger partial charge on any atom is 0.234 e. The van der Waals surface area contributed by atoms with Crippen LogP contribution in [-0.2, 0) is 9.53 Å². The number of amides is 1. The van der Waals surface area contributed by atoms with Gasteiger partial charge in [-0.1, -0.05) is 6.07 Å². The van der Waals surface area contributed by atoms with Crippen molar-refractivity contribution in [3.63, 3.8) is 0 Å². The third-order valence-electron chi connectivity index (χ3n) is 4.76. The molecule has 1 amide bonds. The molecule has 0 aliphatic carbocycles. The van der Waals surface area contributed by atoms with Crippen molar-refractivity contribution < 1.29 is 14.3 Å². The third-order valence-corrected chi connectivity index (χ3v) is 4.76. The van der Waals surface area contributed by atoms with E-state index in [0.29, 0.717) is 12.5 Å². The summed E-state index contributed by atoms with van der Waals surface area (Å²) in [5.74, 6) is 1.51. The molecule has 0 aromatic heterocycles. The Morgan fingerprint density at radius 2 is 2.17 bits per heavy atom. The minimum absolute atomic E-state index is 0.122. The van der Waals surface area contributed by atoms with Crippen LogP contribution >= 0.6 is 0 Å². The summed E-state index contributed by atoms with van der Waals surface area (Å²) >= 11 is 0. The van der Waals surface area contributed by atoms with Crippen molar-refractivity contribution in [2.45, 2.75) is 6.42 Å². The zero-order valence-corrected chi connectivity index (χ0v) is 14.4. The van der Waals surface area contributed by atoms with Gasteiger partial charge in [0.15, 0.2) is 0 Å². The number of nitrogens with one attached hydrogen (secondary N) is 1. The van der Waals surface area contributed by atoms with Crippen LogP contribution in [0.15, 0.2) is 24.3 Å². The predicted octanol–water partition coefficient (Wildman–Crippen LogP) is 0.970. The van der Waals surface area contributed by atoms with E-state index in [0.717, 1.165) is 58.1 Å². The molecule has 24 heavy (non-hydrogen) atoms. The Morgan fingerprint density at radius 1 is 1.33 bits per heavy atom. The molecule has 1 atom stereocenters. The number of carbonyl (C=O) groups excluding carboxylic acids is 1. The smallest absolute Gasteiger partial charge is 0.234 e. The second-order valence-corrected chi connectivity index (χ2v) is 6.49. The quantitative estimate of drug-likeness (QED) is 0.841. The van der Waals surface area contributed by atoms with Gasteiger partial charge in [-0.3, -0.25) is 9.69 Å². The molecule has 1 aromatic rings. The molecule has 2 aliphatic heterocycles. The van der Waals surface area contributed by atoms with Gasteiger partial charge >= 0.3 is 0 Å². The number of carbonyl (C=O) groups is 1. The van der Waals surface area contributed by atoms with Gasteiger partial charge in [0.2, 0.25) is 5.91 Å². The summed E-state index contributed by atoms with van der Waals surface area (Å²) in [6, 6.07) is 8.16. The van der Waals surface area contributed by atoms with E-state index in [1.165, 1.54) is 5.69 Å². The summed E-state index contributed by atoms with van der Waals surface area (Å²) in [7, 11) is 1.69. The van der Waals surface area contributed by atoms with E-state index in [4.69, 9.17) is 9.47 Å². The summed E-state index contributed by atoms with van der Waals surface area (Å²) in [6.07, 6.45) is 1.11. The van der Waals surface area contributed by atoms with E-state index < -0.39 is 0 Å². The Bertz CT molecular complexity index is 546. The summed E-state index contributed by atoms with van der Waals surface area (Å²) < 4.78 is 10.6. The molecule has 132 valence electrons. The highest BCUT2D eigenvalue weighted by atomic mass is 16.5. The molecule has 2 heterocycles. The molecule has 2 fully saturated rings. The lowest BCUT2D eigenvalue weighted by atomic mass is 10.1. The van der Waals surface area contributed by atoms with Crippen LogP contribution in [0.5, 0.6) is 5.75 Å². The normalized spacial score (nSPS) is 21.7. The number of anilines is 1. The summed E-state index contributed by atoms with van der Waals surface area (Å²) in [5.41, 5.74) is 1.19. The zero-order valence-electron chi connectivity index (χ0n) is 14.4. The Hall–Kier alpha value is -1.79. The fraction of sp³-hybridized carbons (Fsp3) is 0.611. The molecule has 2 saturated heterocycles. The predicted molar refractivity (Wildman–Crippen MR) is 93.6 cm³/mol. The van der Waals surface area contributed by atoms with Crippen molar-refractivity contribution in [3.05, 3.63) is 24.3 Å². The van der Waals surface area contributed by atoms with Crippen molar-refractivity contribution in [2.24, 2.45) is 5.92 Å². The number of ether oxygens (including phenoxy) is 2. The molecule has 0 unspecified atom stereocenters. The van der Waals surface area contributed by atoms with Gasteiger partial charge in [0.1, 0.15) is 5.75 Å². The Morgan fingerprint density at radius 3 is 2.96 bits per heavy atom. The van der Waals surface area contributed by atoms with Crippen molar-refractivity contribution in [3.8, 4) is 5.75 Å². The number of benzene rings is 1. The zero-order chi connectivity index (χ0) is 16.8. The Balaban J connectivity index is 1.41. The van der Waals surface area contributed by atoms with Crippen LogP contribution in [0.3, 0.4) is 0 Å². The lowest BCUT2D eigenvalue weighted by molar-refractivity contribution is -0.123. The largest absolute Gasteiger partial charge is 0.497 e. The molecule has 6 nitrogen and oxygen atoms in total. The van der Waals surface area contributed by atoms with Crippen LogP contribution < -0.4 is 15.0 Å². The van der Waals surface area contributed by atoms with Gasteiger partial charge in [-0.05, 0) is 24.5 Å². The number of rotatable bonds is 6. The molecule has 0 spiro atoms. The van der Waals surface area contributed by atoms with Gasteiger partial charge in [0.05, 0.1) is 26.9 Å². The topological polar surface area (TPSA) is 54.0 Å². The first-order valence-electron chi connectivity index (χ1n) is 8.70. The van der Waals surface area contributed by atoms with Crippen molar-refractivity contribution in [2.75, 3.05) is 64.5 Å². The van der Waals surface area contributed by atoms with E-state index in [2.05, 4.69) is 27.2 Å². The average Bonchev–Trinajstić information content (AvgIpc) is 3.10. The maximum absolute atomic E-state index is 12.1. The van der Waals surface area contributed by atoms with E-state index in [9.17, 15) is 4.79 Å². The minimum Gasteiger partial charge on any atom is -0.497 e. The maximum atomic E-state index is 12.1. The number of nitrogens with zero attached hydrogens (tertiary/aromatic N) is 2.